The Hall–Kier alpha value is -2.40. The van der Waals surface area contributed by atoms with E-state index >= 15 is 0 Å². The molecule has 1 atom stereocenters. The predicted molar refractivity (Wildman–Crippen MR) is 84.6 cm³/mol. The summed E-state index contributed by atoms with van der Waals surface area (Å²) in [5, 5.41) is 3.11. The van der Waals surface area contributed by atoms with Crippen LogP contribution in [-0.2, 0) is 4.79 Å². The standard InChI is InChI=1S/C17H14ClFN2O2/c18-13-7-3-1-5-11(13)15-16(22)20-9-10-21(15)17(23)12-6-2-4-8-14(12)19/h1-8,15H,9-10H2,(H,20,22). The third kappa shape index (κ3) is 2.92. The van der Waals surface area contributed by atoms with Gasteiger partial charge in [0, 0.05) is 23.7 Å². The fourth-order valence-electron chi connectivity index (χ4n) is 2.68. The molecule has 2 aromatic rings. The normalized spacial score (nSPS) is 17.7. The summed E-state index contributed by atoms with van der Waals surface area (Å²) >= 11 is 6.18. The van der Waals surface area contributed by atoms with E-state index in [9.17, 15) is 14.0 Å². The number of nitrogens with zero attached hydrogens (tertiary/aromatic N) is 1. The van der Waals surface area contributed by atoms with Crippen LogP contribution in [0.1, 0.15) is 22.0 Å². The van der Waals surface area contributed by atoms with Gasteiger partial charge < -0.3 is 10.2 Å². The number of rotatable bonds is 2. The van der Waals surface area contributed by atoms with E-state index in [1.165, 1.54) is 23.1 Å². The highest BCUT2D eigenvalue weighted by Crippen LogP contribution is 2.30. The van der Waals surface area contributed by atoms with Crippen molar-refractivity contribution in [3.8, 4) is 0 Å². The topological polar surface area (TPSA) is 49.4 Å². The number of carbonyl (C=O) groups excluding carboxylic acids is 2. The Morgan fingerprint density at radius 3 is 2.61 bits per heavy atom. The second-order valence-corrected chi connectivity index (χ2v) is 5.60. The van der Waals surface area contributed by atoms with Gasteiger partial charge in [0.15, 0.2) is 0 Å². The summed E-state index contributed by atoms with van der Waals surface area (Å²) in [6.45, 7) is 0.606. The maximum absolute atomic E-state index is 13.9. The van der Waals surface area contributed by atoms with Gasteiger partial charge in [-0.2, -0.15) is 0 Å². The van der Waals surface area contributed by atoms with Gasteiger partial charge in [-0.25, -0.2) is 4.39 Å². The molecule has 1 N–H and O–H groups in total. The molecule has 23 heavy (non-hydrogen) atoms. The summed E-state index contributed by atoms with van der Waals surface area (Å²) in [5.74, 6) is -1.46. The highest BCUT2D eigenvalue weighted by atomic mass is 35.5. The number of halogens is 2. The molecule has 3 rings (SSSR count). The molecule has 4 nitrogen and oxygen atoms in total. The number of hydrogen-bond donors (Lipinski definition) is 1. The van der Waals surface area contributed by atoms with Crippen molar-refractivity contribution in [2.75, 3.05) is 13.1 Å². The van der Waals surface area contributed by atoms with Crippen LogP contribution < -0.4 is 5.32 Å². The van der Waals surface area contributed by atoms with Gasteiger partial charge in [0.1, 0.15) is 11.9 Å². The van der Waals surface area contributed by atoms with Crippen LogP contribution in [0.25, 0.3) is 0 Å². The third-order valence-electron chi connectivity index (χ3n) is 3.78. The Balaban J connectivity index is 2.02. The first-order valence-corrected chi connectivity index (χ1v) is 7.55. The first-order valence-electron chi connectivity index (χ1n) is 7.17. The van der Waals surface area contributed by atoms with Gasteiger partial charge in [0.25, 0.3) is 5.91 Å². The summed E-state index contributed by atoms with van der Waals surface area (Å²) in [4.78, 5) is 26.4. The maximum Gasteiger partial charge on any atom is 0.257 e. The van der Waals surface area contributed by atoms with E-state index in [1.807, 2.05) is 0 Å². The molecule has 0 saturated carbocycles. The lowest BCUT2D eigenvalue weighted by Gasteiger charge is -2.35. The van der Waals surface area contributed by atoms with E-state index in [-0.39, 0.29) is 18.0 Å². The van der Waals surface area contributed by atoms with Crippen molar-refractivity contribution >= 4 is 23.4 Å². The van der Waals surface area contributed by atoms with E-state index in [2.05, 4.69) is 5.32 Å². The molecule has 118 valence electrons. The monoisotopic (exact) mass is 332 g/mol. The molecule has 0 radical (unpaired) electrons. The summed E-state index contributed by atoms with van der Waals surface area (Å²) in [6.07, 6.45) is 0. The fraction of sp³-hybridized carbons (Fsp3) is 0.176. The fourth-order valence-corrected chi connectivity index (χ4v) is 2.92. The third-order valence-corrected chi connectivity index (χ3v) is 4.12. The second kappa shape index (κ2) is 6.38. The molecule has 0 aromatic heterocycles. The minimum atomic E-state index is -0.871. The Kier molecular flexibility index (Phi) is 4.30. The summed E-state index contributed by atoms with van der Waals surface area (Å²) in [7, 11) is 0. The SMILES string of the molecule is O=C1NCCN(C(=O)c2ccccc2F)C1c1ccccc1Cl. The lowest BCUT2D eigenvalue weighted by molar-refractivity contribution is -0.128. The van der Waals surface area contributed by atoms with Crippen LogP contribution in [0.2, 0.25) is 5.02 Å². The number of nitrogens with one attached hydrogen (secondary N) is 1. The quantitative estimate of drug-likeness (QED) is 0.919. The predicted octanol–water partition coefficient (Wildman–Crippen LogP) is 2.79. The molecule has 1 fully saturated rings. The van der Waals surface area contributed by atoms with Crippen molar-refractivity contribution in [1.29, 1.82) is 0 Å². The zero-order chi connectivity index (χ0) is 16.4. The molecular formula is C17H14ClFN2O2. The van der Waals surface area contributed by atoms with Gasteiger partial charge >= 0.3 is 0 Å². The van der Waals surface area contributed by atoms with E-state index < -0.39 is 17.8 Å². The Morgan fingerprint density at radius 1 is 1.17 bits per heavy atom. The van der Waals surface area contributed by atoms with Crippen LogP contribution in [0.4, 0.5) is 4.39 Å². The highest BCUT2D eigenvalue weighted by Gasteiger charge is 2.36. The minimum absolute atomic E-state index is 0.0562. The minimum Gasteiger partial charge on any atom is -0.352 e. The summed E-state index contributed by atoms with van der Waals surface area (Å²) < 4.78 is 13.9. The van der Waals surface area contributed by atoms with Crippen LogP contribution in [0.15, 0.2) is 48.5 Å². The van der Waals surface area contributed by atoms with Gasteiger partial charge in [0.05, 0.1) is 5.56 Å². The Bertz CT molecular complexity index is 766. The molecule has 2 amide bonds. The van der Waals surface area contributed by atoms with Gasteiger partial charge in [-0.1, -0.05) is 41.9 Å². The van der Waals surface area contributed by atoms with Gasteiger partial charge in [-0.3, -0.25) is 9.59 Å². The molecule has 0 spiro atoms. The van der Waals surface area contributed by atoms with E-state index in [0.29, 0.717) is 17.1 Å². The first kappa shape index (κ1) is 15.5. The number of amides is 2. The molecule has 2 aromatic carbocycles. The first-order chi connectivity index (χ1) is 11.1. The molecule has 6 heteroatoms. The average molecular weight is 333 g/mol. The second-order valence-electron chi connectivity index (χ2n) is 5.19. The molecule has 1 aliphatic rings. The number of hydrogen-bond acceptors (Lipinski definition) is 2. The average Bonchev–Trinajstić information content (AvgIpc) is 2.55. The molecule has 1 heterocycles. The Morgan fingerprint density at radius 2 is 1.87 bits per heavy atom. The number of carbonyl (C=O) groups is 2. The van der Waals surface area contributed by atoms with Crippen LogP contribution >= 0.6 is 11.6 Å². The van der Waals surface area contributed by atoms with Crippen LogP contribution in [0.3, 0.4) is 0 Å². The smallest absolute Gasteiger partial charge is 0.257 e. The molecular weight excluding hydrogens is 319 g/mol. The molecule has 0 bridgehead atoms. The maximum atomic E-state index is 13.9. The number of benzene rings is 2. The highest BCUT2D eigenvalue weighted by molar-refractivity contribution is 6.31. The van der Waals surface area contributed by atoms with Gasteiger partial charge in [0.2, 0.25) is 5.91 Å². The number of piperazine rings is 1. The van der Waals surface area contributed by atoms with Crippen LogP contribution in [0.5, 0.6) is 0 Å². The Labute approximate surface area is 137 Å². The van der Waals surface area contributed by atoms with Crippen molar-refractivity contribution < 1.29 is 14.0 Å². The summed E-state index contributed by atoms with van der Waals surface area (Å²) in [5.41, 5.74) is 0.468. The van der Waals surface area contributed by atoms with Gasteiger partial charge in [-0.05, 0) is 18.2 Å². The molecule has 1 saturated heterocycles. The van der Waals surface area contributed by atoms with Crippen molar-refractivity contribution in [3.05, 3.63) is 70.5 Å². The van der Waals surface area contributed by atoms with E-state index in [1.54, 1.807) is 30.3 Å². The summed E-state index contributed by atoms with van der Waals surface area (Å²) in [6, 6.07) is 11.7. The van der Waals surface area contributed by atoms with Crippen molar-refractivity contribution in [1.82, 2.24) is 10.2 Å². The van der Waals surface area contributed by atoms with Crippen molar-refractivity contribution in [2.45, 2.75) is 6.04 Å². The lowest BCUT2D eigenvalue weighted by atomic mass is 10.0. The molecule has 1 unspecified atom stereocenters. The zero-order valence-corrected chi connectivity index (χ0v) is 12.9. The zero-order valence-electron chi connectivity index (χ0n) is 12.1. The molecule has 1 aliphatic heterocycles. The van der Waals surface area contributed by atoms with Crippen molar-refractivity contribution in [2.24, 2.45) is 0 Å². The van der Waals surface area contributed by atoms with Crippen LogP contribution in [-0.4, -0.2) is 29.8 Å². The lowest BCUT2D eigenvalue weighted by Crippen LogP contribution is -2.52. The van der Waals surface area contributed by atoms with Gasteiger partial charge in [-0.15, -0.1) is 0 Å². The molecule has 0 aliphatic carbocycles. The van der Waals surface area contributed by atoms with E-state index in [0.717, 1.165) is 0 Å². The van der Waals surface area contributed by atoms with E-state index in [4.69, 9.17) is 11.6 Å². The van der Waals surface area contributed by atoms with Crippen LogP contribution in [0, 0.1) is 5.82 Å². The largest absolute Gasteiger partial charge is 0.352 e. The van der Waals surface area contributed by atoms with Crippen molar-refractivity contribution in [3.63, 3.8) is 0 Å².